The molecule has 8 heteroatoms. The van der Waals surface area contributed by atoms with Crippen LogP contribution in [-0.4, -0.2) is 40.1 Å². The van der Waals surface area contributed by atoms with Crippen LogP contribution in [0.2, 0.25) is 0 Å². The molecule has 1 N–H and O–H groups in total. The lowest BCUT2D eigenvalue weighted by molar-refractivity contribution is -0.115. The minimum absolute atomic E-state index is 0.0898. The molecule has 1 saturated carbocycles. The number of nitrogens with zero attached hydrogens (tertiary/aromatic N) is 3. The van der Waals surface area contributed by atoms with E-state index in [4.69, 9.17) is 9.47 Å². The van der Waals surface area contributed by atoms with Crippen molar-refractivity contribution in [1.29, 1.82) is 0 Å². The van der Waals surface area contributed by atoms with Crippen LogP contribution in [0.25, 0.3) is 0 Å². The highest BCUT2D eigenvalue weighted by Gasteiger charge is 2.24. The topological polar surface area (TPSA) is 78.3 Å². The van der Waals surface area contributed by atoms with Crippen molar-refractivity contribution in [2.75, 3.05) is 19.5 Å². The number of carbonyl (C=O) groups excluding carboxylic acids is 1. The highest BCUT2D eigenvalue weighted by atomic mass is 32.2. The van der Waals surface area contributed by atoms with E-state index in [1.165, 1.54) is 31.0 Å². The Balaban J connectivity index is 1.68. The number of ether oxygens (including phenoxy) is 2. The number of hydrogen-bond acceptors (Lipinski definition) is 6. The summed E-state index contributed by atoms with van der Waals surface area (Å²) in [6.45, 7) is 3.87. The average molecular weight is 405 g/mol. The molecule has 0 radical (unpaired) electrons. The van der Waals surface area contributed by atoms with Gasteiger partial charge in [-0.1, -0.05) is 31.0 Å². The molecule has 2 aromatic rings. The highest BCUT2D eigenvalue weighted by Crippen LogP contribution is 2.34. The van der Waals surface area contributed by atoms with Gasteiger partial charge in [0.15, 0.2) is 16.7 Å². The summed E-state index contributed by atoms with van der Waals surface area (Å²) in [7, 11) is 3.15. The Hall–Kier alpha value is -2.22. The number of methoxy groups -OCH3 is 2. The van der Waals surface area contributed by atoms with Crippen molar-refractivity contribution in [2.24, 2.45) is 0 Å². The fourth-order valence-electron chi connectivity index (χ4n) is 3.56. The molecule has 3 rings (SSSR count). The lowest BCUT2D eigenvalue weighted by Crippen LogP contribution is -2.23. The zero-order chi connectivity index (χ0) is 20.1. The van der Waals surface area contributed by atoms with Crippen LogP contribution in [0.4, 0.5) is 5.69 Å². The Morgan fingerprint density at radius 2 is 1.89 bits per heavy atom. The lowest BCUT2D eigenvalue weighted by atomic mass is 9.95. The van der Waals surface area contributed by atoms with Gasteiger partial charge in [0.25, 0.3) is 0 Å². The first-order chi connectivity index (χ1) is 13.5. The van der Waals surface area contributed by atoms with Gasteiger partial charge in [-0.25, -0.2) is 0 Å². The van der Waals surface area contributed by atoms with Crippen LogP contribution in [-0.2, 0) is 4.79 Å². The van der Waals surface area contributed by atoms with E-state index < -0.39 is 0 Å². The standard InChI is InChI=1S/C20H28N4O3S/c1-13(19(25)21-15-10-11-17(26-3)18(12-15)27-4)28-20-23-22-14(2)24(20)16-8-6-5-7-9-16/h10-13,16H,5-9H2,1-4H3,(H,21,25). The van der Waals surface area contributed by atoms with Gasteiger partial charge in [0.05, 0.1) is 19.5 Å². The molecule has 0 bridgehead atoms. The van der Waals surface area contributed by atoms with Gasteiger partial charge in [-0.3, -0.25) is 4.79 Å². The third-order valence-corrected chi connectivity index (χ3v) is 6.13. The number of thioether (sulfide) groups is 1. The van der Waals surface area contributed by atoms with E-state index in [0.717, 1.165) is 23.8 Å². The molecule has 1 heterocycles. The SMILES string of the molecule is COc1ccc(NC(=O)C(C)Sc2nnc(C)n2C2CCCCC2)cc1OC. The summed E-state index contributed by atoms with van der Waals surface area (Å²) in [5, 5.41) is 12.0. The van der Waals surface area contributed by atoms with E-state index in [9.17, 15) is 4.79 Å². The fraction of sp³-hybridized carbons (Fsp3) is 0.550. The Labute approximate surface area is 170 Å². The van der Waals surface area contributed by atoms with E-state index >= 15 is 0 Å². The second-order valence-electron chi connectivity index (χ2n) is 7.01. The number of amides is 1. The van der Waals surface area contributed by atoms with Crippen molar-refractivity contribution in [3.05, 3.63) is 24.0 Å². The maximum absolute atomic E-state index is 12.7. The minimum atomic E-state index is -0.306. The third kappa shape index (κ3) is 4.60. The van der Waals surface area contributed by atoms with Gasteiger partial charge in [-0.2, -0.15) is 0 Å². The predicted molar refractivity (Wildman–Crippen MR) is 110 cm³/mol. The Morgan fingerprint density at radius 1 is 1.18 bits per heavy atom. The van der Waals surface area contributed by atoms with Crippen LogP contribution in [0, 0.1) is 6.92 Å². The second kappa shape index (κ2) is 9.32. The van der Waals surface area contributed by atoms with Crippen LogP contribution in [0.5, 0.6) is 11.5 Å². The maximum atomic E-state index is 12.7. The normalized spacial score (nSPS) is 15.9. The summed E-state index contributed by atoms with van der Waals surface area (Å²) in [6.07, 6.45) is 6.07. The third-order valence-electron chi connectivity index (χ3n) is 5.08. The van der Waals surface area contributed by atoms with E-state index in [1.54, 1.807) is 32.4 Å². The van der Waals surface area contributed by atoms with E-state index in [1.807, 2.05) is 13.8 Å². The zero-order valence-electron chi connectivity index (χ0n) is 16.9. The van der Waals surface area contributed by atoms with Crippen molar-refractivity contribution in [2.45, 2.75) is 62.4 Å². The van der Waals surface area contributed by atoms with E-state index in [-0.39, 0.29) is 11.2 Å². The summed E-state index contributed by atoms with van der Waals surface area (Å²) in [6, 6.07) is 5.76. The lowest BCUT2D eigenvalue weighted by Gasteiger charge is -2.25. The Kier molecular flexibility index (Phi) is 6.83. The molecule has 1 fully saturated rings. The Bertz CT molecular complexity index is 818. The van der Waals surface area contributed by atoms with E-state index in [2.05, 4.69) is 20.1 Å². The molecule has 28 heavy (non-hydrogen) atoms. The molecule has 1 unspecified atom stereocenters. The molecule has 7 nitrogen and oxygen atoms in total. The molecule has 0 aliphatic heterocycles. The van der Waals surface area contributed by atoms with Crippen LogP contribution in [0.1, 0.15) is 50.9 Å². The van der Waals surface area contributed by atoms with Crippen molar-refractivity contribution in [3.8, 4) is 11.5 Å². The average Bonchev–Trinajstić information content (AvgIpc) is 3.08. The quantitative estimate of drug-likeness (QED) is 0.696. The summed E-state index contributed by atoms with van der Waals surface area (Å²) < 4.78 is 12.7. The maximum Gasteiger partial charge on any atom is 0.237 e. The van der Waals surface area contributed by atoms with Crippen LogP contribution in [0.15, 0.2) is 23.4 Å². The van der Waals surface area contributed by atoms with Crippen LogP contribution in [0.3, 0.4) is 0 Å². The number of anilines is 1. The highest BCUT2D eigenvalue weighted by molar-refractivity contribution is 8.00. The van der Waals surface area contributed by atoms with Crippen LogP contribution < -0.4 is 14.8 Å². The number of rotatable bonds is 7. The summed E-state index contributed by atoms with van der Waals surface area (Å²) in [5.41, 5.74) is 0.667. The first-order valence-corrected chi connectivity index (χ1v) is 10.5. The first kappa shape index (κ1) is 20.5. The molecule has 0 spiro atoms. The van der Waals surface area contributed by atoms with Gasteiger partial charge in [0.2, 0.25) is 5.91 Å². The second-order valence-corrected chi connectivity index (χ2v) is 8.32. The molecule has 1 aromatic heterocycles. The molecule has 1 aliphatic carbocycles. The number of hydrogen-bond donors (Lipinski definition) is 1. The fourth-order valence-corrected chi connectivity index (χ4v) is 4.52. The number of aromatic nitrogens is 3. The summed E-state index contributed by atoms with van der Waals surface area (Å²) in [4.78, 5) is 12.7. The zero-order valence-corrected chi connectivity index (χ0v) is 17.7. The molecular weight excluding hydrogens is 376 g/mol. The number of aryl methyl sites for hydroxylation is 1. The van der Waals surface area contributed by atoms with Crippen molar-refractivity contribution >= 4 is 23.4 Å². The minimum Gasteiger partial charge on any atom is -0.493 e. The largest absolute Gasteiger partial charge is 0.493 e. The van der Waals surface area contributed by atoms with Gasteiger partial charge >= 0.3 is 0 Å². The van der Waals surface area contributed by atoms with Crippen molar-refractivity contribution in [3.63, 3.8) is 0 Å². The summed E-state index contributed by atoms with van der Waals surface area (Å²) >= 11 is 1.45. The van der Waals surface area contributed by atoms with Gasteiger partial charge < -0.3 is 19.4 Å². The molecule has 1 aliphatic rings. The van der Waals surface area contributed by atoms with Gasteiger partial charge in [0, 0.05) is 17.8 Å². The van der Waals surface area contributed by atoms with E-state index in [0.29, 0.717) is 23.2 Å². The molecule has 0 saturated heterocycles. The predicted octanol–water partition coefficient (Wildman–Crippen LogP) is 4.23. The molecule has 1 atom stereocenters. The number of carbonyl (C=O) groups is 1. The van der Waals surface area contributed by atoms with Gasteiger partial charge in [0.1, 0.15) is 5.82 Å². The molecule has 1 amide bonds. The number of nitrogens with one attached hydrogen (secondary N) is 1. The molecular formula is C20H28N4O3S. The number of benzene rings is 1. The monoisotopic (exact) mass is 404 g/mol. The van der Waals surface area contributed by atoms with Crippen molar-refractivity contribution in [1.82, 2.24) is 14.8 Å². The summed E-state index contributed by atoms with van der Waals surface area (Å²) in [5.74, 6) is 2.03. The van der Waals surface area contributed by atoms with Gasteiger partial charge in [-0.05, 0) is 38.8 Å². The molecule has 152 valence electrons. The molecule has 1 aromatic carbocycles. The Morgan fingerprint density at radius 3 is 2.57 bits per heavy atom. The first-order valence-electron chi connectivity index (χ1n) is 9.64. The van der Waals surface area contributed by atoms with Crippen LogP contribution >= 0.6 is 11.8 Å². The van der Waals surface area contributed by atoms with Gasteiger partial charge in [-0.15, -0.1) is 10.2 Å². The smallest absolute Gasteiger partial charge is 0.237 e. The van der Waals surface area contributed by atoms with Crippen molar-refractivity contribution < 1.29 is 14.3 Å².